The van der Waals surface area contributed by atoms with Crippen LogP contribution in [0.5, 0.6) is 5.75 Å². The normalized spacial score (nSPS) is 22.8. The number of nitrogens with zero attached hydrogens (tertiary/aromatic N) is 5. The summed E-state index contributed by atoms with van der Waals surface area (Å²) in [4.78, 5) is 11.0. The molecule has 0 amide bonds. The quantitative estimate of drug-likeness (QED) is 0.569. The molecule has 0 spiro atoms. The molecule has 1 N–H and O–H groups in total. The van der Waals surface area contributed by atoms with Crippen molar-refractivity contribution < 1.29 is 18.3 Å². The van der Waals surface area contributed by atoms with Crippen LogP contribution in [0.3, 0.4) is 0 Å². The molecule has 0 aliphatic carbocycles. The van der Waals surface area contributed by atoms with Crippen molar-refractivity contribution in [1.29, 1.82) is 0 Å². The van der Waals surface area contributed by atoms with Crippen molar-refractivity contribution >= 4 is 5.82 Å². The van der Waals surface area contributed by atoms with E-state index in [4.69, 9.17) is 14.5 Å². The molecule has 2 aromatic heterocycles. The smallest absolute Gasteiger partial charge is 0.140 e. The number of pyridine rings is 1. The summed E-state index contributed by atoms with van der Waals surface area (Å²) in [5.41, 5.74) is 0.150. The van der Waals surface area contributed by atoms with Gasteiger partial charge in [0.2, 0.25) is 0 Å². The molecule has 2 atom stereocenters. The first-order chi connectivity index (χ1) is 16.5. The third kappa shape index (κ3) is 4.74. The Hall–Kier alpha value is -3.11. The molecule has 0 saturated carbocycles. The highest BCUT2D eigenvalue weighted by Gasteiger charge is 2.44. The maximum Gasteiger partial charge on any atom is 0.140 e. The third-order valence-corrected chi connectivity index (χ3v) is 6.46. The van der Waals surface area contributed by atoms with E-state index < -0.39 is 17.2 Å². The number of ether oxygens (including phenoxy) is 2. The van der Waals surface area contributed by atoms with Gasteiger partial charge in [-0.1, -0.05) is 6.07 Å². The van der Waals surface area contributed by atoms with Crippen molar-refractivity contribution in [1.82, 2.24) is 25.1 Å². The van der Waals surface area contributed by atoms with Gasteiger partial charge < -0.3 is 19.7 Å². The fraction of sp³-hybridized carbons (Fsp3) is 0.458. The highest BCUT2D eigenvalue weighted by molar-refractivity contribution is 5.44. The van der Waals surface area contributed by atoms with E-state index in [9.17, 15) is 8.78 Å². The minimum absolute atomic E-state index is 0.0141. The van der Waals surface area contributed by atoms with Crippen molar-refractivity contribution in [3.8, 4) is 5.75 Å². The van der Waals surface area contributed by atoms with Crippen molar-refractivity contribution in [3.05, 3.63) is 65.9 Å². The van der Waals surface area contributed by atoms with Crippen LogP contribution in [0.4, 0.5) is 14.6 Å². The molecular formula is C24H28F2N6O2. The Kier molecular flexibility index (Phi) is 6.42. The van der Waals surface area contributed by atoms with Crippen LogP contribution in [0.25, 0.3) is 0 Å². The first kappa shape index (κ1) is 22.7. The second-order valence-corrected chi connectivity index (χ2v) is 8.89. The van der Waals surface area contributed by atoms with Gasteiger partial charge in [0, 0.05) is 43.7 Å². The molecule has 10 heteroatoms. The Labute approximate surface area is 196 Å². The molecule has 2 fully saturated rings. The fourth-order valence-electron chi connectivity index (χ4n) is 4.75. The van der Waals surface area contributed by atoms with Crippen LogP contribution in [0.2, 0.25) is 0 Å². The molecule has 8 nitrogen and oxygen atoms in total. The van der Waals surface area contributed by atoms with Crippen LogP contribution in [0.1, 0.15) is 17.7 Å². The van der Waals surface area contributed by atoms with Crippen LogP contribution in [0, 0.1) is 24.5 Å². The Bertz CT molecular complexity index is 1120. The predicted octanol–water partition coefficient (Wildman–Crippen LogP) is 2.68. The highest BCUT2D eigenvalue weighted by atomic mass is 19.1. The van der Waals surface area contributed by atoms with E-state index in [1.54, 1.807) is 11.0 Å². The number of rotatable bonds is 7. The number of hydrogen-bond donors (Lipinski definition) is 1. The summed E-state index contributed by atoms with van der Waals surface area (Å²) in [5.74, 6) is 0.433. The van der Waals surface area contributed by atoms with E-state index in [0.29, 0.717) is 25.2 Å². The van der Waals surface area contributed by atoms with Crippen LogP contribution in [-0.4, -0.2) is 59.1 Å². The first-order valence-corrected chi connectivity index (χ1v) is 11.5. The summed E-state index contributed by atoms with van der Waals surface area (Å²) >= 11 is 0. The number of benzene rings is 1. The zero-order chi connectivity index (χ0) is 23.5. The Balaban J connectivity index is 1.29. The van der Waals surface area contributed by atoms with Crippen molar-refractivity contribution in [3.63, 3.8) is 0 Å². The van der Waals surface area contributed by atoms with E-state index in [0.717, 1.165) is 49.5 Å². The molecule has 180 valence electrons. The lowest BCUT2D eigenvalue weighted by Crippen LogP contribution is -2.43. The van der Waals surface area contributed by atoms with E-state index in [-0.39, 0.29) is 12.5 Å². The lowest BCUT2D eigenvalue weighted by Gasteiger charge is -2.29. The van der Waals surface area contributed by atoms with Gasteiger partial charge in [0.25, 0.3) is 0 Å². The molecule has 1 aromatic carbocycles. The standard InChI is InChI=1S/C24H28F2N6O2/c1-17-22(4-5-23(30-17)31-8-6-27-7-9-31)33-12-18-11-24(34-13-18,14-32-16-28-15-29-32)20-3-2-19(25)10-21(20)26/h2-5,10,15-16,18,27H,6-9,11-14H2,1H3/t18-,24+/m1/s1. The number of piperazine rings is 1. The summed E-state index contributed by atoms with van der Waals surface area (Å²) in [5, 5.41) is 7.50. The predicted molar refractivity (Wildman–Crippen MR) is 122 cm³/mol. The maximum absolute atomic E-state index is 14.8. The van der Waals surface area contributed by atoms with Crippen LogP contribution in [0.15, 0.2) is 43.0 Å². The van der Waals surface area contributed by atoms with Crippen molar-refractivity contribution in [2.24, 2.45) is 5.92 Å². The number of aromatic nitrogens is 4. The molecule has 2 saturated heterocycles. The van der Waals surface area contributed by atoms with Gasteiger partial charge in [-0.15, -0.1) is 0 Å². The molecule has 4 heterocycles. The maximum atomic E-state index is 14.8. The van der Waals surface area contributed by atoms with E-state index >= 15 is 0 Å². The minimum atomic E-state index is -0.987. The van der Waals surface area contributed by atoms with E-state index in [1.807, 2.05) is 19.1 Å². The third-order valence-electron chi connectivity index (χ3n) is 6.46. The van der Waals surface area contributed by atoms with Crippen LogP contribution in [-0.2, 0) is 16.9 Å². The zero-order valence-corrected chi connectivity index (χ0v) is 19.1. The molecule has 2 aliphatic heterocycles. The summed E-state index contributed by atoms with van der Waals surface area (Å²) in [6.07, 6.45) is 3.48. The summed E-state index contributed by atoms with van der Waals surface area (Å²) in [7, 11) is 0. The summed E-state index contributed by atoms with van der Waals surface area (Å²) in [6, 6.07) is 7.54. The molecule has 3 aromatic rings. The van der Waals surface area contributed by atoms with Gasteiger partial charge in [-0.05, 0) is 31.5 Å². The zero-order valence-electron chi connectivity index (χ0n) is 19.1. The second-order valence-electron chi connectivity index (χ2n) is 8.89. The molecule has 5 rings (SSSR count). The Morgan fingerprint density at radius 3 is 2.79 bits per heavy atom. The lowest BCUT2D eigenvalue weighted by molar-refractivity contribution is -0.0206. The summed E-state index contributed by atoms with van der Waals surface area (Å²) < 4.78 is 42.3. The molecule has 0 bridgehead atoms. The van der Waals surface area contributed by atoms with Crippen LogP contribution < -0.4 is 15.0 Å². The summed E-state index contributed by atoms with van der Waals surface area (Å²) in [6.45, 7) is 6.76. The lowest BCUT2D eigenvalue weighted by atomic mass is 9.87. The van der Waals surface area contributed by atoms with Gasteiger partial charge in [-0.3, -0.25) is 0 Å². The fourth-order valence-corrected chi connectivity index (χ4v) is 4.75. The van der Waals surface area contributed by atoms with E-state index in [1.165, 1.54) is 18.5 Å². The average Bonchev–Trinajstić information content (AvgIpc) is 3.49. The number of nitrogens with one attached hydrogen (secondary N) is 1. The van der Waals surface area contributed by atoms with E-state index in [2.05, 4.69) is 20.3 Å². The number of anilines is 1. The van der Waals surface area contributed by atoms with Gasteiger partial charge in [-0.2, -0.15) is 5.10 Å². The van der Waals surface area contributed by atoms with Crippen LogP contribution >= 0.6 is 0 Å². The van der Waals surface area contributed by atoms with Gasteiger partial charge in [0.15, 0.2) is 0 Å². The molecule has 0 radical (unpaired) electrons. The van der Waals surface area contributed by atoms with Crippen molar-refractivity contribution in [2.75, 3.05) is 44.3 Å². The Morgan fingerprint density at radius 1 is 1.21 bits per heavy atom. The minimum Gasteiger partial charge on any atom is -0.491 e. The SMILES string of the molecule is Cc1nc(N2CCNCC2)ccc1OC[C@@H]1CO[C@@](Cn2cncn2)(c2ccc(F)cc2F)C1. The highest BCUT2D eigenvalue weighted by Crippen LogP contribution is 2.42. The van der Waals surface area contributed by atoms with Crippen molar-refractivity contribution in [2.45, 2.75) is 25.5 Å². The topological polar surface area (TPSA) is 77.3 Å². The molecular weight excluding hydrogens is 442 g/mol. The van der Waals surface area contributed by atoms with Gasteiger partial charge in [-0.25, -0.2) is 23.4 Å². The monoisotopic (exact) mass is 470 g/mol. The van der Waals surface area contributed by atoms with Gasteiger partial charge in [0.05, 0.1) is 25.5 Å². The molecule has 34 heavy (non-hydrogen) atoms. The number of aryl methyl sites for hydroxylation is 1. The largest absolute Gasteiger partial charge is 0.491 e. The number of hydrogen-bond acceptors (Lipinski definition) is 7. The molecule has 2 aliphatic rings. The van der Waals surface area contributed by atoms with Gasteiger partial charge in [0.1, 0.15) is 41.5 Å². The first-order valence-electron chi connectivity index (χ1n) is 11.5. The number of halogens is 2. The average molecular weight is 471 g/mol. The molecule has 0 unspecified atom stereocenters. The van der Waals surface area contributed by atoms with Gasteiger partial charge >= 0.3 is 0 Å². The second kappa shape index (κ2) is 9.63. The Morgan fingerprint density at radius 2 is 2.06 bits per heavy atom.